The summed E-state index contributed by atoms with van der Waals surface area (Å²) in [7, 11) is 1.47. The number of pyridine rings is 1. The summed E-state index contributed by atoms with van der Waals surface area (Å²) in [5.41, 5.74) is 0.961. The van der Waals surface area contributed by atoms with Crippen molar-refractivity contribution in [1.82, 2.24) is 9.88 Å². The predicted octanol–water partition coefficient (Wildman–Crippen LogP) is 4.47. The Hall–Kier alpha value is -3.81. The Morgan fingerprint density at radius 1 is 1.06 bits per heavy atom. The van der Waals surface area contributed by atoms with Crippen molar-refractivity contribution >= 4 is 11.9 Å². The number of ether oxygens (including phenoxy) is 1. The minimum absolute atomic E-state index is 0.0118. The molecule has 0 aliphatic carbocycles. The normalized spacial score (nSPS) is 17.9. The van der Waals surface area contributed by atoms with E-state index >= 15 is 0 Å². The monoisotopic (exact) mass is 438 g/mol. The maximum absolute atomic E-state index is 14.9. The van der Waals surface area contributed by atoms with Crippen LogP contribution in [0.25, 0.3) is 11.1 Å². The van der Waals surface area contributed by atoms with Gasteiger partial charge in [-0.2, -0.15) is 0 Å². The largest absolute Gasteiger partial charge is 0.481 e. The van der Waals surface area contributed by atoms with Crippen molar-refractivity contribution in [2.75, 3.05) is 7.11 Å². The van der Waals surface area contributed by atoms with Crippen molar-refractivity contribution in [2.24, 2.45) is 0 Å². The smallest absolute Gasteiger partial charge is 0.326 e. The van der Waals surface area contributed by atoms with Gasteiger partial charge in [0, 0.05) is 34.5 Å². The highest BCUT2D eigenvalue weighted by Crippen LogP contribution is 2.39. The summed E-state index contributed by atoms with van der Waals surface area (Å²) in [6.45, 7) is 0. The SMILES string of the molecule is COc1ccc(-c2ccc(C(=O)N3[C@@H](c4ccccc4F)CC[C@H]3C(=O)O)cc2F)cn1. The number of hydrogen-bond acceptors (Lipinski definition) is 4. The van der Waals surface area contributed by atoms with Crippen LogP contribution < -0.4 is 4.74 Å². The van der Waals surface area contributed by atoms with Crippen molar-refractivity contribution < 1.29 is 28.2 Å². The van der Waals surface area contributed by atoms with Crippen LogP contribution in [0.5, 0.6) is 5.88 Å². The quantitative estimate of drug-likeness (QED) is 0.636. The maximum atomic E-state index is 14.9. The van der Waals surface area contributed by atoms with E-state index < -0.39 is 35.6 Å². The highest BCUT2D eigenvalue weighted by atomic mass is 19.1. The van der Waals surface area contributed by atoms with Crippen LogP contribution in [-0.2, 0) is 4.79 Å². The number of carbonyl (C=O) groups excluding carboxylic acids is 1. The van der Waals surface area contributed by atoms with Gasteiger partial charge < -0.3 is 14.7 Å². The Labute approximate surface area is 183 Å². The number of carboxylic acid groups (broad SMARTS) is 1. The molecule has 2 aromatic carbocycles. The molecule has 2 atom stereocenters. The fourth-order valence-corrected chi connectivity index (χ4v) is 4.08. The minimum atomic E-state index is -1.18. The second-order valence-electron chi connectivity index (χ2n) is 7.46. The van der Waals surface area contributed by atoms with Crippen LogP contribution in [0.4, 0.5) is 8.78 Å². The van der Waals surface area contributed by atoms with E-state index in [-0.39, 0.29) is 23.1 Å². The second-order valence-corrected chi connectivity index (χ2v) is 7.46. The zero-order chi connectivity index (χ0) is 22.8. The number of aromatic nitrogens is 1. The molecule has 0 radical (unpaired) electrons. The Bertz CT molecular complexity index is 1170. The van der Waals surface area contributed by atoms with E-state index in [1.54, 1.807) is 18.2 Å². The number of halogens is 2. The molecule has 0 unspecified atom stereocenters. The van der Waals surface area contributed by atoms with Crippen molar-refractivity contribution in [3.8, 4) is 17.0 Å². The molecule has 4 rings (SSSR count). The molecule has 0 spiro atoms. The molecule has 1 aliphatic rings. The highest BCUT2D eigenvalue weighted by Gasteiger charge is 2.42. The first kappa shape index (κ1) is 21.4. The third-order valence-electron chi connectivity index (χ3n) is 5.64. The summed E-state index contributed by atoms with van der Waals surface area (Å²) < 4.78 is 34.3. The zero-order valence-electron chi connectivity index (χ0n) is 17.2. The third kappa shape index (κ3) is 3.91. The summed E-state index contributed by atoms with van der Waals surface area (Å²) >= 11 is 0. The van der Waals surface area contributed by atoms with Crippen LogP contribution in [0.15, 0.2) is 60.8 Å². The van der Waals surface area contributed by atoms with Crippen molar-refractivity contribution in [2.45, 2.75) is 24.9 Å². The molecule has 3 aromatic rings. The van der Waals surface area contributed by atoms with Crippen molar-refractivity contribution in [1.29, 1.82) is 0 Å². The van der Waals surface area contributed by atoms with Gasteiger partial charge in [-0.3, -0.25) is 4.79 Å². The molecule has 1 aliphatic heterocycles. The molecular formula is C24H20F2N2O4. The predicted molar refractivity (Wildman–Crippen MR) is 112 cm³/mol. The minimum Gasteiger partial charge on any atom is -0.481 e. The second kappa shape index (κ2) is 8.74. The van der Waals surface area contributed by atoms with Crippen LogP contribution in [0.2, 0.25) is 0 Å². The first-order valence-electron chi connectivity index (χ1n) is 10.0. The summed E-state index contributed by atoms with van der Waals surface area (Å²) in [5, 5.41) is 9.62. The van der Waals surface area contributed by atoms with Crippen LogP contribution >= 0.6 is 0 Å². The summed E-state index contributed by atoms with van der Waals surface area (Å²) in [6, 6.07) is 11.3. The number of carboxylic acids is 1. The van der Waals surface area contributed by atoms with Crippen molar-refractivity contribution in [3.63, 3.8) is 0 Å². The van der Waals surface area contributed by atoms with E-state index in [4.69, 9.17) is 4.74 Å². The number of hydrogen-bond donors (Lipinski definition) is 1. The van der Waals surface area contributed by atoms with Gasteiger partial charge in [0.25, 0.3) is 5.91 Å². The molecule has 0 saturated carbocycles. The van der Waals surface area contributed by atoms with Gasteiger partial charge in [-0.1, -0.05) is 24.3 Å². The van der Waals surface area contributed by atoms with Crippen LogP contribution in [0.3, 0.4) is 0 Å². The molecule has 32 heavy (non-hydrogen) atoms. The maximum Gasteiger partial charge on any atom is 0.326 e. The van der Waals surface area contributed by atoms with E-state index in [9.17, 15) is 23.5 Å². The molecule has 1 aromatic heterocycles. The number of nitrogens with zero attached hydrogens (tertiary/aromatic N) is 2. The Balaban J connectivity index is 1.68. The van der Waals surface area contributed by atoms with E-state index in [2.05, 4.69) is 4.98 Å². The fraction of sp³-hybridized carbons (Fsp3) is 0.208. The Morgan fingerprint density at radius 3 is 2.47 bits per heavy atom. The topological polar surface area (TPSA) is 79.7 Å². The van der Waals surface area contributed by atoms with Crippen LogP contribution in [-0.4, -0.2) is 40.0 Å². The van der Waals surface area contributed by atoms with Crippen LogP contribution in [0, 0.1) is 11.6 Å². The lowest BCUT2D eigenvalue weighted by Gasteiger charge is -2.29. The fourth-order valence-electron chi connectivity index (χ4n) is 4.08. The Morgan fingerprint density at radius 2 is 1.84 bits per heavy atom. The van der Waals surface area contributed by atoms with E-state index in [0.717, 1.165) is 11.0 Å². The molecule has 6 nitrogen and oxygen atoms in total. The Kier molecular flexibility index (Phi) is 5.85. The molecule has 1 fully saturated rings. The van der Waals surface area contributed by atoms with Gasteiger partial charge in [0.15, 0.2) is 0 Å². The summed E-state index contributed by atoms with van der Waals surface area (Å²) in [5.74, 6) is -2.64. The van der Waals surface area contributed by atoms with E-state index in [1.807, 2.05) is 0 Å². The number of benzene rings is 2. The number of carbonyl (C=O) groups is 2. The lowest BCUT2D eigenvalue weighted by Crippen LogP contribution is -2.42. The average molecular weight is 438 g/mol. The molecule has 8 heteroatoms. The van der Waals surface area contributed by atoms with E-state index in [0.29, 0.717) is 17.9 Å². The number of methoxy groups -OCH3 is 1. The van der Waals surface area contributed by atoms with Gasteiger partial charge >= 0.3 is 5.97 Å². The molecule has 1 saturated heterocycles. The number of amides is 1. The lowest BCUT2D eigenvalue weighted by molar-refractivity contribution is -0.141. The van der Waals surface area contributed by atoms with Gasteiger partial charge in [0.05, 0.1) is 13.2 Å². The van der Waals surface area contributed by atoms with Gasteiger partial charge in [-0.25, -0.2) is 18.6 Å². The molecule has 164 valence electrons. The lowest BCUT2D eigenvalue weighted by atomic mass is 10.0. The van der Waals surface area contributed by atoms with Gasteiger partial charge in [0.1, 0.15) is 17.7 Å². The molecule has 0 bridgehead atoms. The first-order chi connectivity index (χ1) is 15.4. The van der Waals surface area contributed by atoms with Crippen molar-refractivity contribution in [3.05, 3.63) is 83.6 Å². The molecular weight excluding hydrogens is 418 g/mol. The summed E-state index contributed by atoms with van der Waals surface area (Å²) in [6.07, 6.45) is 1.92. The number of aliphatic carboxylic acids is 1. The average Bonchev–Trinajstić information content (AvgIpc) is 3.24. The number of likely N-dealkylation sites (tertiary alicyclic amines) is 1. The summed E-state index contributed by atoms with van der Waals surface area (Å²) in [4.78, 5) is 30.3. The molecule has 1 N–H and O–H groups in total. The third-order valence-corrected chi connectivity index (χ3v) is 5.64. The number of rotatable bonds is 5. The standard InChI is InChI=1S/C24H20F2N2O4/c1-32-22-11-7-15(13-27-22)16-8-6-14(12-19(16)26)23(29)28-20(9-10-21(28)24(30)31)17-4-2-3-5-18(17)25/h2-8,11-13,20-21H,9-10H2,1H3,(H,30,31)/t20-,21+/m1/s1. The molecule has 2 heterocycles. The first-order valence-corrected chi connectivity index (χ1v) is 10.0. The molecule has 1 amide bonds. The zero-order valence-corrected chi connectivity index (χ0v) is 17.2. The van der Waals surface area contributed by atoms with Gasteiger partial charge in [-0.15, -0.1) is 0 Å². The highest BCUT2D eigenvalue weighted by molar-refractivity contribution is 5.97. The van der Waals surface area contributed by atoms with Gasteiger partial charge in [0.2, 0.25) is 5.88 Å². The van der Waals surface area contributed by atoms with E-state index in [1.165, 1.54) is 43.6 Å². The van der Waals surface area contributed by atoms with Crippen LogP contribution in [0.1, 0.15) is 34.8 Å². The van der Waals surface area contributed by atoms with Gasteiger partial charge in [-0.05, 0) is 37.1 Å².